The summed E-state index contributed by atoms with van der Waals surface area (Å²) < 4.78 is 4.99. The fraction of sp³-hybridized carbons (Fsp3) is 0.200. The van der Waals surface area contributed by atoms with Crippen molar-refractivity contribution >= 4 is 10.9 Å². The molecule has 0 atom stereocenters. The van der Waals surface area contributed by atoms with E-state index in [-0.39, 0.29) is 5.75 Å². The minimum absolute atomic E-state index is 0.276. The Hall–Kier alpha value is -1.48. The second-order valence-corrected chi connectivity index (χ2v) is 3.00. The lowest BCUT2D eigenvalue weighted by atomic mass is 10.2. The van der Waals surface area contributed by atoms with E-state index in [1.807, 2.05) is 12.1 Å². The monoisotopic (exact) mass is 177 g/mol. The number of H-pyrrole nitrogens is 1. The van der Waals surface area contributed by atoms with Crippen molar-refractivity contribution in [2.24, 2.45) is 0 Å². The Labute approximate surface area is 76.0 Å². The van der Waals surface area contributed by atoms with Crippen molar-refractivity contribution in [1.82, 2.24) is 4.98 Å². The molecule has 3 heteroatoms. The van der Waals surface area contributed by atoms with Crippen LogP contribution in [0.25, 0.3) is 10.9 Å². The molecule has 0 fully saturated rings. The molecule has 1 aromatic carbocycles. The molecule has 0 aliphatic carbocycles. The van der Waals surface area contributed by atoms with Gasteiger partial charge in [-0.15, -0.1) is 0 Å². The number of methoxy groups -OCH3 is 1. The normalized spacial score (nSPS) is 10.8. The lowest BCUT2D eigenvalue weighted by molar-refractivity contribution is 0.182. The van der Waals surface area contributed by atoms with Gasteiger partial charge in [0.25, 0.3) is 0 Å². The molecular formula is C10H11NO2. The first-order valence-electron chi connectivity index (χ1n) is 4.09. The number of phenols is 1. The molecule has 1 heterocycles. The largest absolute Gasteiger partial charge is 0.508 e. The molecule has 1 aromatic heterocycles. The highest BCUT2D eigenvalue weighted by atomic mass is 16.5. The number of hydrogen-bond acceptors (Lipinski definition) is 2. The summed E-state index contributed by atoms with van der Waals surface area (Å²) >= 11 is 0. The molecule has 0 aliphatic heterocycles. The molecule has 0 bridgehead atoms. The third-order valence-corrected chi connectivity index (χ3v) is 1.96. The molecule has 3 nitrogen and oxygen atoms in total. The highest BCUT2D eigenvalue weighted by molar-refractivity contribution is 5.81. The summed E-state index contributed by atoms with van der Waals surface area (Å²) in [4.78, 5) is 3.15. The van der Waals surface area contributed by atoms with Crippen LogP contribution in [-0.2, 0) is 11.3 Å². The van der Waals surface area contributed by atoms with E-state index in [2.05, 4.69) is 4.98 Å². The van der Waals surface area contributed by atoms with E-state index in [9.17, 15) is 5.11 Å². The predicted octanol–water partition coefficient (Wildman–Crippen LogP) is 2.02. The van der Waals surface area contributed by atoms with Crippen LogP contribution in [-0.4, -0.2) is 17.2 Å². The maximum absolute atomic E-state index is 9.22. The van der Waals surface area contributed by atoms with Gasteiger partial charge in [0.15, 0.2) is 0 Å². The zero-order valence-electron chi connectivity index (χ0n) is 7.37. The predicted molar refractivity (Wildman–Crippen MR) is 50.7 cm³/mol. The van der Waals surface area contributed by atoms with Crippen LogP contribution >= 0.6 is 0 Å². The van der Waals surface area contributed by atoms with E-state index in [1.54, 1.807) is 19.2 Å². The lowest BCUT2D eigenvalue weighted by Crippen LogP contribution is -1.85. The van der Waals surface area contributed by atoms with E-state index in [0.717, 1.165) is 16.6 Å². The van der Waals surface area contributed by atoms with Gasteiger partial charge < -0.3 is 14.8 Å². The molecule has 0 unspecified atom stereocenters. The molecule has 0 radical (unpaired) electrons. The highest BCUT2D eigenvalue weighted by Gasteiger charge is 2.00. The number of benzene rings is 1. The molecule has 0 aliphatic rings. The summed E-state index contributed by atoms with van der Waals surface area (Å²) in [6.07, 6.45) is 0. The quantitative estimate of drug-likeness (QED) is 0.737. The first-order chi connectivity index (χ1) is 6.29. The highest BCUT2D eigenvalue weighted by Crippen LogP contribution is 2.20. The number of rotatable bonds is 2. The summed E-state index contributed by atoms with van der Waals surface area (Å²) in [7, 11) is 1.66. The number of aromatic hydroxyl groups is 1. The second-order valence-electron chi connectivity index (χ2n) is 3.00. The summed E-state index contributed by atoms with van der Waals surface area (Å²) in [6.45, 7) is 0.565. The van der Waals surface area contributed by atoms with Gasteiger partial charge in [-0.3, -0.25) is 0 Å². The molecule has 2 N–H and O–H groups in total. The molecule has 0 spiro atoms. The van der Waals surface area contributed by atoms with Gasteiger partial charge in [0.2, 0.25) is 0 Å². The van der Waals surface area contributed by atoms with Crippen molar-refractivity contribution in [3.8, 4) is 5.75 Å². The zero-order chi connectivity index (χ0) is 9.26. The van der Waals surface area contributed by atoms with Gasteiger partial charge in [-0.05, 0) is 18.2 Å². The molecule has 13 heavy (non-hydrogen) atoms. The van der Waals surface area contributed by atoms with Gasteiger partial charge in [-0.2, -0.15) is 0 Å². The minimum atomic E-state index is 0.276. The number of phenolic OH excluding ortho intramolecular Hbond substituents is 1. The van der Waals surface area contributed by atoms with Crippen LogP contribution in [0.4, 0.5) is 0 Å². The van der Waals surface area contributed by atoms with Crippen LogP contribution in [0.5, 0.6) is 5.75 Å². The van der Waals surface area contributed by atoms with E-state index < -0.39 is 0 Å². The SMILES string of the molecule is COCc1cc2ccc(O)cc2[nH]1. The first-order valence-corrected chi connectivity index (χ1v) is 4.09. The van der Waals surface area contributed by atoms with Gasteiger partial charge in [0, 0.05) is 29.8 Å². The summed E-state index contributed by atoms with van der Waals surface area (Å²) in [6, 6.07) is 7.26. The van der Waals surface area contributed by atoms with E-state index in [0.29, 0.717) is 6.61 Å². The standard InChI is InChI=1S/C10H11NO2/c1-13-6-8-4-7-2-3-9(12)5-10(7)11-8/h2-5,11-12H,6H2,1H3. The summed E-state index contributed by atoms with van der Waals surface area (Å²) in [5.41, 5.74) is 1.95. The van der Waals surface area contributed by atoms with Crippen molar-refractivity contribution in [2.45, 2.75) is 6.61 Å². The third-order valence-electron chi connectivity index (χ3n) is 1.96. The van der Waals surface area contributed by atoms with Crippen LogP contribution in [0.3, 0.4) is 0 Å². The van der Waals surface area contributed by atoms with E-state index >= 15 is 0 Å². The maximum Gasteiger partial charge on any atom is 0.117 e. The van der Waals surface area contributed by atoms with Crippen molar-refractivity contribution in [2.75, 3.05) is 7.11 Å². The molecule has 0 saturated heterocycles. The molecule has 2 aromatic rings. The Morgan fingerprint density at radius 3 is 3.00 bits per heavy atom. The van der Waals surface area contributed by atoms with Crippen LogP contribution in [0.1, 0.15) is 5.69 Å². The van der Waals surface area contributed by atoms with Gasteiger partial charge in [-0.1, -0.05) is 0 Å². The number of aromatic nitrogens is 1. The number of ether oxygens (including phenoxy) is 1. The topological polar surface area (TPSA) is 45.2 Å². The Balaban J connectivity index is 2.49. The van der Waals surface area contributed by atoms with Crippen LogP contribution < -0.4 is 0 Å². The average molecular weight is 177 g/mol. The lowest BCUT2D eigenvalue weighted by Gasteiger charge is -1.92. The van der Waals surface area contributed by atoms with Gasteiger partial charge in [-0.25, -0.2) is 0 Å². The van der Waals surface area contributed by atoms with E-state index in [1.165, 1.54) is 0 Å². The number of hydrogen-bond donors (Lipinski definition) is 2. The molecule has 0 amide bonds. The molecule has 0 saturated carbocycles. The van der Waals surface area contributed by atoms with Crippen molar-refractivity contribution in [3.05, 3.63) is 30.0 Å². The average Bonchev–Trinajstić information content (AvgIpc) is 2.46. The zero-order valence-corrected chi connectivity index (χ0v) is 7.37. The number of fused-ring (bicyclic) bond motifs is 1. The Kier molecular flexibility index (Phi) is 1.94. The second kappa shape index (κ2) is 3.11. The van der Waals surface area contributed by atoms with Crippen LogP contribution in [0, 0.1) is 0 Å². The first kappa shape index (κ1) is 8.13. The van der Waals surface area contributed by atoms with Gasteiger partial charge in [0.1, 0.15) is 5.75 Å². The maximum atomic E-state index is 9.22. The van der Waals surface area contributed by atoms with Crippen molar-refractivity contribution in [1.29, 1.82) is 0 Å². The molecular weight excluding hydrogens is 166 g/mol. The number of nitrogens with one attached hydrogen (secondary N) is 1. The fourth-order valence-electron chi connectivity index (χ4n) is 1.41. The molecule has 2 rings (SSSR count). The van der Waals surface area contributed by atoms with Gasteiger partial charge >= 0.3 is 0 Å². The van der Waals surface area contributed by atoms with Crippen molar-refractivity contribution in [3.63, 3.8) is 0 Å². The minimum Gasteiger partial charge on any atom is -0.508 e. The van der Waals surface area contributed by atoms with Crippen LogP contribution in [0.15, 0.2) is 24.3 Å². The third kappa shape index (κ3) is 1.51. The fourth-order valence-corrected chi connectivity index (χ4v) is 1.41. The Morgan fingerprint density at radius 2 is 2.23 bits per heavy atom. The van der Waals surface area contributed by atoms with E-state index in [4.69, 9.17) is 4.74 Å². The van der Waals surface area contributed by atoms with Gasteiger partial charge in [0.05, 0.1) is 6.61 Å². The smallest absolute Gasteiger partial charge is 0.117 e. The summed E-state index contributed by atoms with van der Waals surface area (Å²) in [5, 5.41) is 10.3. The number of aromatic amines is 1. The molecule has 68 valence electrons. The summed E-state index contributed by atoms with van der Waals surface area (Å²) in [5.74, 6) is 0.276. The Morgan fingerprint density at radius 1 is 1.38 bits per heavy atom. The Bertz CT molecular complexity index is 420. The van der Waals surface area contributed by atoms with Crippen molar-refractivity contribution < 1.29 is 9.84 Å². The van der Waals surface area contributed by atoms with Crippen LogP contribution in [0.2, 0.25) is 0 Å².